The fourth-order valence-corrected chi connectivity index (χ4v) is 3.54. The van der Waals surface area contributed by atoms with E-state index < -0.39 is 17.3 Å². The van der Waals surface area contributed by atoms with E-state index in [2.05, 4.69) is 9.72 Å². The van der Waals surface area contributed by atoms with E-state index in [-0.39, 0.29) is 34.6 Å². The van der Waals surface area contributed by atoms with Crippen LogP contribution in [-0.4, -0.2) is 41.3 Å². The Kier molecular flexibility index (Phi) is 6.28. The molecular formula is C20H17FN2O5S. The normalized spacial score (nSPS) is 10.7. The Morgan fingerprint density at radius 1 is 1.17 bits per heavy atom. The molecule has 0 fully saturated rings. The van der Waals surface area contributed by atoms with Crippen molar-refractivity contribution in [3.05, 3.63) is 64.2 Å². The first-order chi connectivity index (χ1) is 13.9. The van der Waals surface area contributed by atoms with Gasteiger partial charge in [0.1, 0.15) is 6.54 Å². The highest BCUT2D eigenvalue weighted by atomic mass is 32.2. The second kappa shape index (κ2) is 8.87. The molecule has 29 heavy (non-hydrogen) atoms. The van der Waals surface area contributed by atoms with Gasteiger partial charge in [-0.25, -0.2) is 9.37 Å². The molecule has 0 aliphatic rings. The molecule has 150 valence electrons. The van der Waals surface area contributed by atoms with Gasteiger partial charge < -0.3 is 9.47 Å². The first-order valence-electron chi connectivity index (χ1n) is 8.50. The zero-order valence-corrected chi connectivity index (χ0v) is 16.5. The maximum atomic E-state index is 13.9. The molecule has 0 aliphatic carbocycles. The molecule has 1 heterocycles. The van der Waals surface area contributed by atoms with Crippen molar-refractivity contribution in [2.75, 3.05) is 20.0 Å². The fourth-order valence-electron chi connectivity index (χ4n) is 2.64. The SMILES string of the molecule is COC(=O)Cn1c(SCC(=O)c2ccc(OC)c(F)c2)nc2ccccc2c1=O. The lowest BCUT2D eigenvalue weighted by molar-refractivity contribution is -0.141. The second-order valence-corrected chi connectivity index (χ2v) is 6.88. The predicted octanol–water partition coefficient (Wildman–Crippen LogP) is 2.69. The first-order valence-corrected chi connectivity index (χ1v) is 9.49. The van der Waals surface area contributed by atoms with Gasteiger partial charge in [0.25, 0.3) is 5.56 Å². The average molecular weight is 416 g/mol. The standard InChI is InChI=1S/C20H17FN2O5S/c1-27-17-8-7-12(9-14(17)21)16(24)11-29-20-22-15-6-4-3-5-13(15)19(26)23(20)10-18(25)28-2/h3-9H,10-11H2,1-2H3. The summed E-state index contributed by atoms with van der Waals surface area (Å²) in [6, 6.07) is 10.6. The summed E-state index contributed by atoms with van der Waals surface area (Å²) in [7, 11) is 2.55. The zero-order valence-electron chi connectivity index (χ0n) is 15.7. The number of hydrogen-bond donors (Lipinski definition) is 0. The molecule has 1 aromatic heterocycles. The number of Topliss-reactive ketones (excluding diaryl/α,β-unsaturated/α-hetero) is 1. The molecule has 0 spiro atoms. The number of carbonyl (C=O) groups excluding carboxylic acids is 2. The number of ketones is 1. The summed E-state index contributed by atoms with van der Waals surface area (Å²) in [5, 5.41) is 0.547. The van der Waals surface area contributed by atoms with Crippen molar-refractivity contribution in [3.63, 3.8) is 0 Å². The number of rotatable bonds is 7. The van der Waals surface area contributed by atoms with E-state index in [4.69, 9.17) is 4.74 Å². The van der Waals surface area contributed by atoms with Crippen molar-refractivity contribution in [1.82, 2.24) is 9.55 Å². The Bertz CT molecular complexity index is 1150. The van der Waals surface area contributed by atoms with Crippen molar-refractivity contribution >= 4 is 34.4 Å². The molecule has 0 N–H and O–H groups in total. The average Bonchev–Trinajstić information content (AvgIpc) is 2.74. The van der Waals surface area contributed by atoms with Gasteiger partial charge in [0.05, 0.1) is 30.9 Å². The largest absolute Gasteiger partial charge is 0.494 e. The summed E-state index contributed by atoms with van der Waals surface area (Å²) in [5.74, 6) is -1.68. The summed E-state index contributed by atoms with van der Waals surface area (Å²) >= 11 is 0.988. The molecule has 3 aromatic rings. The topological polar surface area (TPSA) is 87.5 Å². The molecule has 9 heteroatoms. The Morgan fingerprint density at radius 3 is 2.62 bits per heavy atom. The van der Waals surface area contributed by atoms with Gasteiger partial charge in [0, 0.05) is 5.56 Å². The van der Waals surface area contributed by atoms with Gasteiger partial charge in [-0.3, -0.25) is 19.0 Å². The highest BCUT2D eigenvalue weighted by Gasteiger charge is 2.17. The fraction of sp³-hybridized carbons (Fsp3) is 0.200. The minimum Gasteiger partial charge on any atom is -0.494 e. The smallest absolute Gasteiger partial charge is 0.325 e. The van der Waals surface area contributed by atoms with Crippen LogP contribution in [0.1, 0.15) is 10.4 Å². The molecule has 0 saturated heterocycles. The minimum absolute atomic E-state index is 0.0392. The van der Waals surface area contributed by atoms with Crippen LogP contribution < -0.4 is 10.3 Å². The van der Waals surface area contributed by atoms with E-state index in [0.29, 0.717) is 10.9 Å². The predicted molar refractivity (Wildman–Crippen MR) is 106 cm³/mol. The number of halogens is 1. The third-order valence-corrected chi connectivity index (χ3v) is 5.12. The molecular weight excluding hydrogens is 399 g/mol. The summed E-state index contributed by atoms with van der Waals surface area (Å²) in [6.45, 7) is -0.332. The lowest BCUT2D eigenvalue weighted by Crippen LogP contribution is -2.27. The van der Waals surface area contributed by atoms with Crippen LogP contribution in [0.25, 0.3) is 10.9 Å². The van der Waals surface area contributed by atoms with E-state index in [9.17, 15) is 18.8 Å². The molecule has 7 nitrogen and oxygen atoms in total. The van der Waals surface area contributed by atoms with Crippen LogP contribution >= 0.6 is 11.8 Å². The van der Waals surface area contributed by atoms with Gasteiger partial charge in [0.15, 0.2) is 22.5 Å². The van der Waals surface area contributed by atoms with Crippen molar-refractivity contribution < 1.29 is 23.5 Å². The molecule has 2 aromatic carbocycles. The lowest BCUT2D eigenvalue weighted by Gasteiger charge is -2.12. The van der Waals surface area contributed by atoms with Crippen molar-refractivity contribution in [1.29, 1.82) is 0 Å². The highest BCUT2D eigenvalue weighted by molar-refractivity contribution is 7.99. The molecule has 0 atom stereocenters. The summed E-state index contributed by atoms with van der Waals surface area (Å²) in [6.07, 6.45) is 0. The third-order valence-electron chi connectivity index (χ3n) is 4.15. The summed E-state index contributed by atoms with van der Waals surface area (Å²) < 4.78 is 24.5. The van der Waals surface area contributed by atoms with Crippen LogP contribution in [0.4, 0.5) is 4.39 Å². The van der Waals surface area contributed by atoms with Crippen LogP contribution in [0.5, 0.6) is 5.75 Å². The van der Waals surface area contributed by atoms with Crippen LogP contribution in [0.15, 0.2) is 52.4 Å². The number of para-hydroxylation sites is 1. The Balaban J connectivity index is 1.91. The van der Waals surface area contributed by atoms with Crippen molar-refractivity contribution in [2.24, 2.45) is 0 Å². The monoisotopic (exact) mass is 416 g/mol. The molecule has 0 unspecified atom stereocenters. The number of nitrogens with zero attached hydrogens (tertiary/aromatic N) is 2. The second-order valence-electron chi connectivity index (χ2n) is 5.94. The van der Waals surface area contributed by atoms with Crippen LogP contribution in [0, 0.1) is 5.82 Å². The molecule has 0 bridgehead atoms. The number of carbonyl (C=O) groups is 2. The lowest BCUT2D eigenvalue weighted by atomic mass is 10.1. The van der Waals surface area contributed by atoms with E-state index in [1.54, 1.807) is 24.3 Å². The number of methoxy groups -OCH3 is 2. The maximum absolute atomic E-state index is 13.9. The Morgan fingerprint density at radius 2 is 1.93 bits per heavy atom. The van der Waals surface area contributed by atoms with Crippen molar-refractivity contribution in [3.8, 4) is 5.75 Å². The molecule has 0 aliphatic heterocycles. The van der Waals surface area contributed by atoms with Crippen LogP contribution in [0.3, 0.4) is 0 Å². The Labute approximate surface area is 169 Å². The van der Waals surface area contributed by atoms with Gasteiger partial charge in [-0.1, -0.05) is 23.9 Å². The third kappa shape index (κ3) is 4.45. The number of esters is 1. The number of fused-ring (bicyclic) bond motifs is 1. The minimum atomic E-state index is -0.644. The molecule has 3 rings (SSSR count). The highest BCUT2D eigenvalue weighted by Crippen LogP contribution is 2.22. The van der Waals surface area contributed by atoms with Gasteiger partial charge in [0.2, 0.25) is 0 Å². The Hall–Kier alpha value is -3.20. The van der Waals surface area contributed by atoms with E-state index >= 15 is 0 Å². The molecule has 0 radical (unpaired) electrons. The van der Waals surface area contributed by atoms with Gasteiger partial charge in [-0.05, 0) is 30.3 Å². The van der Waals surface area contributed by atoms with E-state index in [0.717, 1.165) is 17.8 Å². The molecule has 0 amide bonds. The van der Waals surface area contributed by atoms with Crippen molar-refractivity contribution in [2.45, 2.75) is 11.7 Å². The van der Waals surface area contributed by atoms with Gasteiger partial charge >= 0.3 is 5.97 Å². The number of hydrogen-bond acceptors (Lipinski definition) is 7. The summed E-state index contributed by atoms with van der Waals surface area (Å²) in [5.41, 5.74) is 0.203. The quantitative estimate of drug-likeness (QED) is 0.253. The number of thioether (sulfide) groups is 1. The zero-order chi connectivity index (χ0) is 21.0. The molecule has 0 saturated carbocycles. The van der Waals surface area contributed by atoms with Crippen LogP contribution in [-0.2, 0) is 16.1 Å². The van der Waals surface area contributed by atoms with Gasteiger partial charge in [-0.15, -0.1) is 0 Å². The number of aromatic nitrogens is 2. The van der Waals surface area contributed by atoms with Gasteiger partial charge in [-0.2, -0.15) is 0 Å². The van der Waals surface area contributed by atoms with E-state index in [1.165, 1.54) is 30.9 Å². The summed E-state index contributed by atoms with van der Waals surface area (Å²) in [4.78, 5) is 41.4. The number of ether oxygens (including phenoxy) is 2. The maximum Gasteiger partial charge on any atom is 0.325 e. The number of benzene rings is 2. The first kappa shape index (κ1) is 20.5. The van der Waals surface area contributed by atoms with E-state index in [1.807, 2.05) is 0 Å². The van der Waals surface area contributed by atoms with Crippen LogP contribution in [0.2, 0.25) is 0 Å².